The molecule has 1 N–H and O–H groups in total. The highest BCUT2D eigenvalue weighted by atomic mass is 32.2. The molecule has 1 aromatic rings. The van der Waals surface area contributed by atoms with Crippen molar-refractivity contribution in [3.8, 4) is 0 Å². The van der Waals surface area contributed by atoms with Crippen LogP contribution in [0.3, 0.4) is 0 Å². The highest BCUT2D eigenvalue weighted by Gasteiger charge is 2.22. The van der Waals surface area contributed by atoms with Crippen molar-refractivity contribution in [1.82, 2.24) is 4.98 Å². The zero-order valence-corrected chi connectivity index (χ0v) is 9.85. The molecule has 0 amide bonds. The highest BCUT2D eigenvalue weighted by Crippen LogP contribution is 2.17. The molecule has 0 saturated carbocycles. The molecule has 0 radical (unpaired) electrons. The van der Waals surface area contributed by atoms with Crippen LogP contribution in [-0.4, -0.2) is 49.1 Å². The summed E-state index contributed by atoms with van der Waals surface area (Å²) in [6, 6.07) is 1.51. The number of anilines is 1. The van der Waals surface area contributed by atoms with Crippen molar-refractivity contribution in [3.63, 3.8) is 0 Å². The van der Waals surface area contributed by atoms with Crippen LogP contribution in [0.2, 0.25) is 0 Å². The van der Waals surface area contributed by atoms with Gasteiger partial charge in [0, 0.05) is 19.3 Å². The first-order valence-electron chi connectivity index (χ1n) is 5.12. The van der Waals surface area contributed by atoms with Crippen LogP contribution < -0.4 is 4.90 Å². The number of sulfone groups is 1. The van der Waals surface area contributed by atoms with E-state index in [0.29, 0.717) is 18.8 Å². The molecule has 6 nitrogen and oxygen atoms in total. The van der Waals surface area contributed by atoms with E-state index in [-0.39, 0.29) is 17.1 Å². The highest BCUT2D eigenvalue weighted by molar-refractivity contribution is 7.91. The standard InChI is InChI=1S/C10H12N2O4S/c13-10(14)8-5-9(7-11-6-8)12-1-3-17(15,16)4-2-12/h5-7H,1-4H2,(H,13,14). The Kier molecular flexibility index (Phi) is 3.01. The van der Waals surface area contributed by atoms with E-state index in [2.05, 4.69) is 4.98 Å². The molecule has 0 spiro atoms. The monoisotopic (exact) mass is 256 g/mol. The van der Waals surface area contributed by atoms with E-state index in [9.17, 15) is 13.2 Å². The smallest absolute Gasteiger partial charge is 0.337 e. The van der Waals surface area contributed by atoms with Gasteiger partial charge in [0.2, 0.25) is 0 Å². The minimum absolute atomic E-state index is 0.101. The first-order valence-corrected chi connectivity index (χ1v) is 6.94. The van der Waals surface area contributed by atoms with E-state index >= 15 is 0 Å². The maximum absolute atomic E-state index is 11.3. The Morgan fingerprint density at radius 2 is 1.94 bits per heavy atom. The molecule has 1 aliphatic rings. The largest absolute Gasteiger partial charge is 0.478 e. The Labute approximate surface area is 98.8 Å². The van der Waals surface area contributed by atoms with Crippen LogP contribution in [0.1, 0.15) is 10.4 Å². The molecule has 1 saturated heterocycles. The Morgan fingerprint density at radius 3 is 2.53 bits per heavy atom. The summed E-state index contributed by atoms with van der Waals surface area (Å²) in [6.07, 6.45) is 2.82. The van der Waals surface area contributed by atoms with Crippen LogP contribution in [0.15, 0.2) is 18.5 Å². The van der Waals surface area contributed by atoms with Crippen LogP contribution in [0.25, 0.3) is 0 Å². The quantitative estimate of drug-likeness (QED) is 0.802. The number of carbonyl (C=O) groups is 1. The number of hydrogen-bond donors (Lipinski definition) is 1. The molecule has 1 aromatic heterocycles. The lowest BCUT2D eigenvalue weighted by molar-refractivity contribution is 0.0696. The third-order valence-corrected chi connectivity index (χ3v) is 4.29. The number of rotatable bonds is 2. The molecule has 92 valence electrons. The van der Waals surface area contributed by atoms with Gasteiger partial charge in [-0.25, -0.2) is 13.2 Å². The van der Waals surface area contributed by atoms with E-state index in [1.54, 1.807) is 6.20 Å². The zero-order chi connectivity index (χ0) is 12.5. The number of hydrogen-bond acceptors (Lipinski definition) is 5. The van der Waals surface area contributed by atoms with Gasteiger partial charge in [0.25, 0.3) is 0 Å². The van der Waals surface area contributed by atoms with Crippen LogP contribution in [-0.2, 0) is 9.84 Å². The Balaban J connectivity index is 2.18. The van der Waals surface area contributed by atoms with Crippen LogP contribution in [0.4, 0.5) is 5.69 Å². The summed E-state index contributed by atoms with van der Waals surface area (Å²) >= 11 is 0. The summed E-state index contributed by atoms with van der Waals surface area (Å²) < 4.78 is 22.5. The molecule has 17 heavy (non-hydrogen) atoms. The Bertz CT molecular complexity index is 527. The van der Waals surface area contributed by atoms with Gasteiger partial charge in [-0.05, 0) is 6.07 Å². The molecule has 2 rings (SSSR count). The van der Waals surface area contributed by atoms with Crippen molar-refractivity contribution < 1.29 is 18.3 Å². The first-order chi connectivity index (χ1) is 7.98. The normalized spacial score (nSPS) is 18.9. The maximum atomic E-state index is 11.3. The lowest BCUT2D eigenvalue weighted by Crippen LogP contribution is -2.40. The molecular formula is C10H12N2O4S. The molecule has 2 heterocycles. The molecule has 0 aliphatic carbocycles. The van der Waals surface area contributed by atoms with E-state index in [4.69, 9.17) is 5.11 Å². The molecule has 1 fully saturated rings. The Morgan fingerprint density at radius 1 is 1.29 bits per heavy atom. The van der Waals surface area contributed by atoms with Gasteiger partial charge in [0.1, 0.15) is 0 Å². The van der Waals surface area contributed by atoms with Gasteiger partial charge in [0.15, 0.2) is 9.84 Å². The number of pyridine rings is 1. The maximum Gasteiger partial charge on any atom is 0.337 e. The molecule has 0 unspecified atom stereocenters. The number of aromatic nitrogens is 1. The number of aromatic carboxylic acids is 1. The number of carboxylic acids is 1. The lowest BCUT2D eigenvalue weighted by Gasteiger charge is -2.28. The van der Waals surface area contributed by atoms with Gasteiger partial charge in [-0.2, -0.15) is 0 Å². The van der Waals surface area contributed by atoms with Crippen molar-refractivity contribution >= 4 is 21.5 Å². The summed E-state index contributed by atoms with van der Waals surface area (Å²) in [7, 11) is -2.93. The van der Waals surface area contributed by atoms with Gasteiger partial charge < -0.3 is 10.0 Å². The van der Waals surface area contributed by atoms with Crippen molar-refractivity contribution in [2.75, 3.05) is 29.5 Å². The summed E-state index contributed by atoms with van der Waals surface area (Å²) in [4.78, 5) is 16.5. The van der Waals surface area contributed by atoms with Gasteiger partial charge in [-0.15, -0.1) is 0 Å². The van der Waals surface area contributed by atoms with Crippen molar-refractivity contribution in [1.29, 1.82) is 0 Å². The second kappa shape index (κ2) is 4.33. The van der Waals surface area contributed by atoms with Gasteiger partial charge in [0.05, 0.1) is 29.0 Å². The van der Waals surface area contributed by atoms with Crippen LogP contribution in [0.5, 0.6) is 0 Å². The van der Waals surface area contributed by atoms with Gasteiger partial charge in [-0.3, -0.25) is 4.98 Å². The van der Waals surface area contributed by atoms with Crippen molar-refractivity contribution in [3.05, 3.63) is 24.0 Å². The molecule has 0 aromatic carbocycles. The van der Waals surface area contributed by atoms with Crippen LogP contribution >= 0.6 is 0 Å². The average Bonchev–Trinajstić information content (AvgIpc) is 2.29. The minimum atomic E-state index is -2.93. The average molecular weight is 256 g/mol. The number of nitrogens with zero attached hydrogens (tertiary/aromatic N) is 2. The SMILES string of the molecule is O=C(O)c1cncc(N2CCS(=O)(=O)CC2)c1. The van der Waals surface area contributed by atoms with Crippen molar-refractivity contribution in [2.24, 2.45) is 0 Å². The topological polar surface area (TPSA) is 87.6 Å². The fourth-order valence-electron chi connectivity index (χ4n) is 1.69. The lowest BCUT2D eigenvalue weighted by atomic mass is 10.2. The van der Waals surface area contributed by atoms with Crippen molar-refractivity contribution in [2.45, 2.75) is 0 Å². The molecule has 0 bridgehead atoms. The van der Waals surface area contributed by atoms with E-state index in [1.807, 2.05) is 4.90 Å². The molecule has 0 atom stereocenters. The summed E-state index contributed by atoms with van der Waals surface area (Å²) in [5, 5.41) is 8.84. The second-order valence-electron chi connectivity index (χ2n) is 3.88. The predicted molar refractivity (Wildman–Crippen MR) is 62.1 cm³/mol. The number of carboxylic acid groups (broad SMARTS) is 1. The molecule has 7 heteroatoms. The second-order valence-corrected chi connectivity index (χ2v) is 6.18. The van der Waals surface area contributed by atoms with E-state index < -0.39 is 15.8 Å². The molecule has 1 aliphatic heterocycles. The summed E-state index contributed by atoms with van der Waals surface area (Å²) in [6.45, 7) is 0.764. The van der Waals surface area contributed by atoms with Crippen LogP contribution in [0, 0.1) is 0 Å². The van der Waals surface area contributed by atoms with E-state index in [1.165, 1.54) is 12.3 Å². The minimum Gasteiger partial charge on any atom is -0.478 e. The van der Waals surface area contributed by atoms with Gasteiger partial charge >= 0.3 is 5.97 Å². The zero-order valence-electron chi connectivity index (χ0n) is 9.04. The third kappa shape index (κ3) is 2.73. The first kappa shape index (κ1) is 11.8. The summed E-state index contributed by atoms with van der Waals surface area (Å²) in [5.74, 6) is -0.835. The van der Waals surface area contributed by atoms with Gasteiger partial charge in [-0.1, -0.05) is 0 Å². The fraction of sp³-hybridized carbons (Fsp3) is 0.400. The Hall–Kier alpha value is -1.63. The third-order valence-electron chi connectivity index (χ3n) is 2.68. The predicted octanol–water partition coefficient (Wildman–Crippen LogP) is 0.0146. The summed E-state index contributed by atoms with van der Waals surface area (Å²) in [5.41, 5.74) is 0.760. The van der Waals surface area contributed by atoms with E-state index in [0.717, 1.165) is 0 Å². The fourth-order valence-corrected chi connectivity index (χ4v) is 2.89. The molecular weight excluding hydrogens is 244 g/mol.